The molecule has 3 aliphatic rings. The van der Waals surface area contributed by atoms with Crippen molar-refractivity contribution >= 4 is 21.8 Å². The maximum absolute atomic E-state index is 2.48. The van der Waals surface area contributed by atoms with Crippen molar-refractivity contribution in [3.05, 3.63) is 257 Å². The molecule has 13 rings (SSSR count). The van der Waals surface area contributed by atoms with Crippen molar-refractivity contribution in [2.45, 2.75) is 10.8 Å². The Bertz CT molecular complexity index is 3210. The lowest BCUT2D eigenvalue weighted by molar-refractivity contribution is 0.633. The van der Waals surface area contributed by atoms with Crippen molar-refractivity contribution in [3.8, 4) is 39.1 Å². The fourth-order valence-electron chi connectivity index (χ4n) is 11.5. The Morgan fingerprint density at radius 2 is 0.772 bits per heavy atom. The third-order valence-electron chi connectivity index (χ3n) is 13.5. The van der Waals surface area contributed by atoms with Gasteiger partial charge in [0.25, 0.3) is 0 Å². The highest BCUT2D eigenvalue weighted by Crippen LogP contribution is 2.68. The molecule has 0 atom stereocenters. The van der Waals surface area contributed by atoms with Crippen LogP contribution in [-0.4, -0.2) is 4.57 Å². The van der Waals surface area contributed by atoms with Crippen molar-refractivity contribution in [3.63, 3.8) is 0 Å². The maximum Gasteiger partial charge on any atom is 0.0720 e. The Morgan fingerprint density at radius 1 is 0.298 bits per heavy atom. The number of aromatic nitrogens is 1. The predicted octanol–water partition coefficient (Wildman–Crippen LogP) is 13.5. The zero-order valence-electron chi connectivity index (χ0n) is 31.2. The Labute approximate surface area is 331 Å². The van der Waals surface area contributed by atoms with E-state index < -0.39 is 10.8 Å². The number of benzene rings is 9. The molecule has 9 aromatic carbocycles. The van der Waals surface area contributed by atoms with Gasteiger partial charge in [-0.25, -0.2) is 0 Å². The van der Waals surface area contributed by atoms with E-state index in [-0.39, 0.29) is 0 Å². The zero-order chi connectivity index (χ0) is 37.3. The van der Waals surface area contributed by atoms with Gasteiger partial charge in [0.05, 0.1) is 21.9 Å². The van der Waals surface area contributed by atoms with Gasteiger partial charge in [-0.1, -0.05) is 188 Å². The van der Waals surface area contributed by atoms with Crippen molar-refractivity contribution < 1.29 is 0 Å². The van der Waals surface area contributed by atoms with Gasteiger partial charge >= 0.3 is 0 Å². The summed E-state index contributed by atoms with van der Waals surface area (Å²) in [7, 11) is 0. The van der Waals surface area contributed by atoms with Crippen molar-refractivity contribution in [1.82, 2.24) is 4.57 Å². The zero-order valence-corrected chi connectivity index (χ0v) is 31.2. The van der Waals surface area contributed by atoms with Crippen LogP contribution in [0.4, 0.5) is 0 Å². The molecule has 0 fully saturated rings. The molecule has 1 aromatic heterocycles. The molecule has 10 aromatic rings. The Kier molecular flexibility index (Phi) is 6.09. The molecular formula is C56H35N. The van der Waals surface area contributed by atoms with Gasteiger partial charge in [0.15, 0.2) is 0 Å². The Balaban J connectivity index is 1.16. The lowest BCUT2D eigenvalue weighted by atomic mass is 9.52. The summed E-state index contributed by atoms with van der Waals surface area (Å²) in [5.41, 5.74) is 21.2. The number of rotatable bonds is 2. The summed E-state index contributed by atoms with van der Waals surface area (Å²) in [6.07, 6.45) is 0. The Hall–Kier alpha value is -7.22. The SMILES string of the molecule is c1ccc(-c2cccc(-n3c4ccccc4c4c5c(ccc43)C3(c4ccccc4-5)c4ccccc4C4(c5ccccc5-c5ccccc54)c4ccccc43)c2)cc1. The number of fused-ring (bicyclic) bond motifs is 20. The molecule has 0 saturated heterocycles. The average Bonchev–Trinajstić information content (AvgIpc) is 3.89. The van der Waals surface area contributed by atoms with Crippen LogP contribution in [0.2, 0.25) is 0 Å². The van der Waals surface area contributed by atoms with Crippen molar-refractivity contribution in [1.29, 1.82) is 0 Å². The summed E-state index contributed by atoms with van der Waals surface area (Å²) in [6, 6.07) is 79.9. The van der Waals surface area contributed by atoms with Crippen LogP contribution in [0.1, 0.15) is 44.5 Å². The molecule has 0 amide bonds. The van der Waals surface area contributed by atoms with E-state index in [0.29, 0.717) is 0 Å². The smallest absolute Gasteiger partial charge is 0.0720 e. The molecule has 1 heterocycles. The topological polar surface area (TPSA) is 4.93 Å². The van der Waals surface area contributed by atoms with E-state index in [1.165, 1.54) is 99.7 Å². The fraction of sp³-hybridized carbons (Fsp3) is 0.0357. The van der Waals surface area contributed by atoms with E-state index in [0.717, 1.165) is 5.69 Å². The first-order chi connectivity index (χ1) is 28.3. The Morgan fingerprint density at radius 3 is 1.40 bits per heavy atom. The van der Waals surface area contributed by atoms with E-state index in [1.54, 1.807) is 0 Å². The molecule has 3 aliphatic carbocycles. The van der Waals surface area contributed by atoms with Crippen LogP contribution in [0.3, 0.4) is 0 Å². The molecule has 1 nitrogen and oxygen atoms in total. The lowest BCUT2D eigenvalue weighted by Gasteiger charge is -2.48. The van der Waals surface area contributed by atoms with E-state index >= 15 is 0 Å². The van der Waals surface area contributed by atoms with E-state index in [1.807, 2.05) is 0 Å². The summed E-state index contributed by atoms with van der Waals surface area (Å²) in [5.74, 6) is 0. The molecule has 0 saturated carbocycles. The van der Waals surface area contributed by atoms with E-state index in [4.69, 9.17) is 0 Å². The van der Waals surface area contributed by atoms with E-state index in [9.17, 15) is 0 Å². The van der Waals surface area contributed by atoms with Crippen LogP contribution in [-0.2, 0) is 10.8 Å². The van der Waals surface area contributed by atoms with Gasteiger partial charge in [-0.2, -0.15) is 0 Å². The molecule has 2 spiro atoms. The van der Waals surface area contributed by atoms with Gasteiger partial charge in [0.2, 0.25) is 0 Å². The normalized spacial score (nSPS) is 14.6. The monoisotopic (exact) mass is 721 g/mol. The number of hydrogen-bond acceptors (Lipinski definition) is 0. The minimum Gasteiger partial charge on any atom is -0.309 e. The molecule has 264 valence electrons. The standard InChI is InChI=1S/C56H35N/c1-2-17-36(18-3-1)37-19-16-20-38(35-37)57-51-32-15-7-24-42(51)54-52(57)34-33-50-53(54)41-23-6-10-27-45(41)56(50)48-30-13-11-28-46(48)55(47-29-12-14-31-49(47)56)43-25-8-4-21-39(43)40-22-5-9-26-44(40)55/h1-35H. The number of hydrogen-bond donors (Lipinski definition) is 0. The first kappa shape index (κ1) is 31.0. The highest BCUT2D eigenvalue weighted by molar-refractivity contribution is 6.18. The van der Waals surface area contributed by atoms with Gasteiger partial charge in [0, 0.05) is 16.5 Å². The fourth-order valence-corrected chi connectivity index (χ4v) is 11.5. The number of nitrogens with zero attached hydrogens (tertiary/aromatic N) is 1. The first-order valence-electron chi connectivity index (χ1n) is 20.0. The van der Waals surface area contributed by atoms with Gasteiger partial charge in [-0.3, -0.25) is 0 Å². The average molecular weight is 722 g/mol. The second-order valence-electron chi connectivity index (χ2n) is 15.9. The van der Waals surface area contributed by atoms with Crippen LogP contribution < -0.4 is 0 Å². The molecule has 0 radical (unpaired) electrons. The van der Waals surface area contributed by atoms with Gasteiger partial charge < -0.3 is 4.57 Å². The largest absolute Gasteiger partial charge is 0.309 e. The van der Waals surface area contributed by atoms with Gasteiger partial charge in [-0.15, -0.1) is 0 Å². The van der Waals surface area contributed by atoms with Crippen molar-refractivity contribution in [2.75, 3.05) is 0 Å². The van der Waals surface area contributed by atoms with Gasteiger partial charge in [-0.05, 0) is 102 Å². The quantitative estimate of drug-likeness (QED) is 0.167. The van der Waals surface area contributed by atoms with E-state index in [2.05, 4.69) is 217 Å². The second-order valence-corrected chi connectivity index (χ2v) is 15.9. The van der Waals surface area contributed by atoms with Crippen LogP contribution in [0.15, 0.2) is 212 Å². The van der Waals surface area contributed by atoms with Crippen LogP contribution in [0.5, 0.6) is 0 Å². The predicted molar refractivity (Wildman–Crippen MR) is 234 cm³/mol. The highest BCUT2D eigenvalue weighted by atomic mass is 15.0. The summed E-state index contributed by atoms with van der Waals surface area (Å²) < 4.78 is 2.48. The highest BCUT2D eigenvalue weighted by Gasteiger charge is 2.59. The minimum absolute atomic E-state index is 0.451. The van der Waals surface area contributed by atoms with Crippen LogP contribution in [0.25, 0.3) is 60.9 Å². The maximum atomic E-state index is 2.48. The molecular weight excluding hydrogens is 687 g/mol. The van der Waals surface area contributed by atoms with Crippen LogP contribution in [0, 0.1) is 0 Å². The first-order valence-corrected chi connectivity index (χ1v) is 20.0. The summed E-state index contributed by atoms with van der Waals surface area (Å²) in [6.45, 7) is 0. The lowest BCUT2D eigenvalue weighted by Crippen LogP contribution is -2.43. The van der Waals surface area contributed by atoms with Gasteiger partial charge in [0.1, 0.15) is 0 Å². The third kappa shape index (κ3) is 3.70. The molecule has 0 aliphatic heterocycles. The summed E-state index contributed by atoms with van der Waals surface area (Å²) in [5, 5.41) is 2.58. The molecule has 57 heavy (non-hydrogen) atoms. The summed E-state index contributed by atoms with van der Waals surface area (Å²) in [4.78, 5) is 0. The molecule has 0 N–H and O–H groups in total. The number of para-hydroxylation sites is 1. The molecule has 0 bridgehead atoms. The summed E-state index contributed by atoms with van der Waals surface area (Å²) >= 11 is 0. The van der Waals surface area contributed by atoms with Crippen LogP contribution >= 0.6 is 0 Å². The minimum atomic E-state index is -0.526. The molecule has 0 unspecified atom stereocenters. The second kappa shape index (κ2) is 11.2. The third-order valence-corrected chi connectivity index (χ3v) is 13.5. The molecule has 1 heteroatoms. The van der Waals surface area contributed by atoms with Crippen molar-refractivity contribution in [2.24, 2.45) is 0 Å².